The van der Waals surface area contributed by atoms with Gasteiger partial charge >= 0.3 is 5.97 Å². The normalized spacial score (nSPS) is 12.5. The monoisotopic (exact) mass is 583 g/mol. The zero-order valence-corrected chi connectivity index (χ0v) is 25.9. The van der Waals surface area contributed by atoms with E-state index in [-0.39, 0.29) is 24.8 Å². The van der Waals surface area contributed by atoms with Crippen molar-refractivity contribution >= 4 is 23.7 Å². The Bertz CT molecular complexity index is 692. The highest BCUT2D eigenvalue weighted by molar-refractivity contribution is 5.88. The Morgan fingerprint density at radius 1 is 0.585 bits per heavy atom. The van der Waals surface area contributed by atoms with Crippen molar-refractivity contribution in [1.82, 2.24) is 16.0 Å². The van der Waals surface area contributed by atoms with Crippen molar-refractivity contribution < 1.29 is 24.3 Å². The van der Waals surface area contributed by atoms with Gasteiger partial charge in [-0.3, -0.25) is 14.4 Å². The van der Waals surface area contributed by atoms with Crippen molar-refractivity contribution in [2.24, 2.45) is 11.5 Å². The van der Waals surface area contributed by atoms with Crippen LogP contribution in [0.3, 0.4) is 0 Å². The molecular weight excluding hydrogens is 522 g/mol. The number of carbonyl (C=O) groups excluding carboxylic acids is 3. The number of aliphatic carboxylic acids is 1. The van der Waals surface area contributed by atoms with Crippen LogP contribution in [-0.2, 0) is 19.2 Å². The van der Waals surface area contributed by atoms with E-state index in [4.69, 9.17) is 11.5 Å². The van der Waals surface area contributed by atoms with Gasteiger partial charge in [-0.15, -0.1) is 0 Å². The molecule has 0 saturated heterocycles. The third-order valence-electron chi connectivity index (χ3n) is 7.34. The van der Waals surface area contributed by atoms with Gasteiger partial charge in [0, 0.05) is 19.4 Å². The molecule has 0 rings (SSSR count). The number of hydrogen-bond acceptors (Lipinski definition) is 6. The van der Waals surface area contributed by atoms with Crippen molar-refractivity contribution in [3.63, 3.8) is 0 Å². The van der Waals surface area contributed by atoms with E-state index < -0.39 is 24.0 Å². The van der Waals surface area contributed by atoms with E-state index in [1.807, 2.05) is 0 Å². The summed E-state index contributed by atoms with van der Waals surface area (Å²) in [6.45, 7) is 3.28. The van der Waals surface area contributed by atoms with Crippen LogP contribution in [0.5, 0.6) is 0 Å². The van der Waals surface area contributed by atoms with Crippen LogP contribution >= 0.6 is 0 Å². The Kier molecular flexibility index (Phi) is 26.4. The summed E-state index contributed by atoms with van der Waals surface area (Å²) in [5, 5.41) is 17.4. The van der Waals surface area contributed by atoms with Crippen LogP contribution in [0.1, 0.15) is 142 Å². The summed E-state index contributed by atoms with van der Waals surface area (Å²) in [5.41, 5.74) is 11.0. The number of nitrogens with two attached hydrogens (primary N) is 2. The van der Waals surface area contributed by atoms with Crippen LogP contribution < -0.4 is 27.4 Å². The summed E-state index contributed by atoms with van der Waals surface area (Å²) in [4.78, 5) is 48.8. The van der Waals surface area contributed by atoms with Gasteiger partial charge < -0.3 is 32.5 Å². The number of unbranched alkanes of at least 4 members (excludes halogenated alkanes) is 14. The molecule has 0 aromatic carbocycles. The Morgan fingerprint density at radius 2 is 1.02 bits per heavy atom. The number of hydrogen-bond donors (Lipinski definition) is 6. The van der Waals surface area contributed by atoms with Gasteiger partial charge in [0.2, 0.25) is 17.7 Å². The third-order valence-corrected chi connectivity index (χ3v) is 7.34. The Morgan fingerprint density at radius 3 is 1.51 bits per heavy atom. The van der Waals surface area contributed by atoms with Crippen LogP contribution in [0.4, 0.5) is 0 Å². The summed E-state index contributed by atoms with van der Waals surface area (Å²) in [7, 11) is 0. The Balaban J connectivity index is 4.24. The minimum atomic E-state index is -1.09. The van der Waals surface area contributed by atoms with Gasteiger partial charge in [-0.2, -0.15) is 0 Å². The van der Waals surface area contributed by atoms with Crippen LogP contribution in [0.15, 0.2) is 0 Å². The standard InChI is InChI=1S/C31H61N5O5/c1-2-3-4-5-6-7-8-9-10-11-12-13-14-21-28(37)35-26(19-15-17-23-32)30(39)34-25-22-29(38)36-27(31(40)41)20-16-18-24-33/h26-27H,2-25,32-33H2,1H3,(H,34,39)(H,35,37)(H,36,38)(H,40,41). The molecule has 41 heavy (non-hydrogen) atoms. The lowest BCUT2D eigenvalue weighted by Crippen LogP contribution is -2.48. The largest absolute Gasteiger partial charge is 0.480 e. The first-order valence-electron chi connectivity index (χ1n) is 16.3. The van der Waals surface area contributed by atoms with Crippen molar-refractivity contribution in [3.8, 4) is 0 Å². The van der Waals surface area contributed by atoms with Gasteiger partial charge in [-0.1, -0.05) is 84.0 Å². The molecule has 0 fully saturated rings. The van der Waals surface area contributed by atoms with Gasteiger partial charge in [-0.05, 0) is 58.0 Å². The molecule has 10 heteroatoms. The highest BCUT2D eigenvalue weighted by Gasteiger charge is 2.22. The fourth-order valence-electron chi connectivity index (χ4n) is 4.77. The fourth-order valence-corrected chi connectivity index (χ4v) is 4.77. The zero-order chi connectivity index (χ0) is 30.6. The topological polar surface area (TPSA) is 177 Å². The quantitative estimate of drug-likeness (QED) is 0.0712. The number of nitrogens with one attached hydrogen (secondary N) is 3. The summed E-state index contributed by atoms with van der Waals surface area (Å²) >= 11 is 0. The molecule has 0 aliphatic heterocycles. The molecule has 0 spiro atoms. The van der Waals surface area contributed by atoms with E-state index in [9.17, 15) is 24.3 Å². The highest BCUT2D eigenvalue weighted by Crippen LogP contribution is 2.13. The second-order valence-electron chi connectivity index (χ2n) is 11.2. The van der Waals surface area contributed by atoms with Gasteiger partial charge in [0.1, 0.15) is 12.1 Å². The van der Waals surface area contributed by atoms with Crippen molar-refractivity contribution in [2.45, 2.75) is 154 Å². The zero-order valence-electron chi connectivity index (χ0n) is 25.9. The van der Waals surface area contributed by atoms with Gasteiger partial charge in [-0.25, -0.2) is 4.79 Å². The Labute approximate surface area is 248 Å². The lowest BCUT2D eigenvalue weighted by molar-refractivity contribution is -0.142. The molecule has 3 amide bonds. The van der Waals surface area contributed by atoms with E-state index in [2.05, 4.69) is 22.9 Å². The number of carbonyl (C=O) groups is 4. The van der Waals surface area contributed by atoms with Gasteiger partial charge in [0.15, 0.2) is 0 Å². The molecule has 0 aliphatic rings. The first kappa shape index (κ1) is 38.8. The highest BCUT2D eigenvalue weighted by atomic mass is 16.4. The van der Waals surface area contributed by atoms with Gasteiger partial charge in [0.25, 0.3) is 0 Å². The van der Waals surface area contributed by atoms with Crippen molar-refractivity contribution in [1.29, 1.82) is 0 Å². The summed E-state index contributed by atoms with van der Waals surface area (Å²) in [6.07, 6.45) is 20.0. The number of carboxylic acid groups (broad SMARTS) is 1. The second-order valence-corrected chi connectivity index (χ2v) is 11.2. The average Bonchev–Trinajstić information content (AvgIpc) is 2.94. The number of carboxylic acids is 1. The smallest absolute Gasteiger partial charge is 0.326 e. The summed E-state index contributed by atoms with van der Waals surface area (Å²) in [5.74, 6) is -2.02. The molecule has 0 bridgehead atoms. The maximum Gasteiger partial charge on any atom is 0.326 e. The van der Waals surface area contributed by atoms with Gasteiger partial charge in [0.05, 0.1) is 0 Å². The molecule has 0 aliphatic carbocycles. The van der Waals surface area contributed by atoms with E-state index in [0.717, 1.165) is 25.7 Å². The summed E-state index contributed by atoms with van der Waals surface area (Å²) in [6, 6.07) is -1.65. The molecule has 0 saturated carbocycles. The SMILES string of the molecule is CCCCCCCCCCCCCCCC(=O)NC(CCCCN)C(=O)NCCC(=O)NC(CCCCN)C(=O)O. The molecular formula is C31H61N5O5. The number of amides is 3. The molecule has 0 aromatic heterocycles. The van der Waals surface area contributed by atoms with Crippen LogP contribution in [0.2, 0.25) is 0 Å². The molecule has 0 aromatic rings. The molecule has 10 nitrogen and oxygen atoms in total. The van der Waals surface area contributed by atoms with Crippen LogP contribution in [0.25, 0.3) is 0 Å². The average molecular weight is 584 g/mol. The maximum absolute atomic E-state index is 12.8. The first-order valence-corrected chi connectivity index (χ1v) is 16.3. The lowest BCUT2D eigenvalue weighted by Gasteiger charge is -2.19. The maximum atomic E-state index is 12.8. The minimum absolute atomic E-state index is 0.0468. The minimum Gasteiger partial charge on any atom is -0.480 e. The third kappa shape index (κ3) is 24.1. The number of rotatable bonds is 29. The molecule has 8 N–H and O–H groups in total. The molecule has 0 heterocycles. The van der Waals surface area contributed by atoms with Crippen LogP contribution in [-0.4, -0.2) is 60.5 Å². The lowest BCUT2D eigenvalue weighted by atomic mass is 10.0. The van der Waals surface area contributed by atoms with E-state index in [1.54, 1.807) is 0 Å². The van der Waals surface area contributed by atoms with Crippen molar-refractivity contribution in [3.05, 3.63) is 0 Å². The van der Waals surface area contributed by atoms with Crippen LogP contribution in [0, 0.1) is 0 Å². The fraction of sp³-hybridized carbons (Fsp3) is 0.871. The molecule has 0 radical (unpaired) electrons. The van der Waals surface area contributed by atoms with Crippen molar-refractivity contribution in [2.75, 3.05) is 19.6 Å². The molecule has 240 valence electrons. The second kappa shape index (κ2) is 27.9. The molecule has 2 unspecified atom stereocenters. The summed E-state index contributed by atoms with van der Waals surface area (Å²) < 4.78 is 0. The predicted octanol–water partition coefficient (Wildman–Crippen LogP) is 4.29. The Hall–Kier alpha value is -2.20. The van der Waals surface area contributed by atoms with E-state index in [1.165, 1.54) is 64.2 Å². The first-order chi connectivity index (χ1) is 19.8. The predicted molar refractivity (Wildman–Crippen MR) is 165 cm³/mol. The molecule has 2 atom stereocenters. The van der Waals surface area contributed by atoms with E-state index in [0.29, 0.717) is 51.6 Å². The van der Waals surface area contributed by atoms with E-state index >= 15 is 0 Å².